The second-order valence-electron chi connectivity index (χ2n) is 4.50. The van der Waals surface area contributed by atoms with Gasteiger partial charge in [0.1, 0.15) is 17.5 Å². The third kappa shape index (κ3) is 2.80. The Labute approximate surface area is 110 Å². The third-order valence-corrected chi connectivity index (χ3v) is 3.16. The van der Waals surface area contributed by atoms with E-state index in [1.54, 1.807) is 19.3 Å². The van der Waals surface area contributed by atoms with Gasteiger partial charge in [-0.25, -0.2) is 13.8 Å². The number of halogens is 2. The second-order valence-corrected chi connectivity index (χ2v) is 4.50. The van der Waals surface area contributed by atoms with Crippen LogP contribution >= 0.6 is 0 Å². The number of imidazole rings is 1. The van der Waals surface area contributed by atoms with Crippen LogP contribution in [-0.2, 0) is 13.5 Å². The van der Waals surface area contributed by atoms with E-state index in [1.165, 1.54) is 6.07 Å². The summed E-state index contributed by atoms with van der Waals surface area (Å²) >= 11 is 0. The first kappa shape index (κ1) is 13.6. The molecule has 0 radical (unpaired) electrons. The molecule has 0 aliphatic carbocycles. The first-order valence-electron chi connectivity index (χ1n) is 5.90. The molecule has 0 aliphatic rings. The van der Waals surface area contributed by atoms with Crippen LogP contribution in [0, 0.1) is 18.6 Å². The van der Waals surface area contributed by atoms with Crippen molar-refractivity contribution in [1.82, 2.24) is 15.0 Å². The van der Waals surface area contributed by atoms with Gasteiger partial charge in [0.15, 0.2) is 0 Å². The van der Waals surface area contributed by atoms with Gasteiger partial charge in [0.25, 0.3) is 0 Å². The summed E-state index contributed by atoms with van der Waals surface area (Å²) in [4.78, 5) is 4.17. The molecule has 4 nitrogen and oxygen atoms in total. The van der Waals surface area contributed by atoms with E-state index in [1.807, 2.05) is 11.6 Å². The molecule has 3 N–H and O–H groups in total. The molecule has 1 aromatic carbocycles. The van der Waals surface area contributed by atoms with E-state index < -0.39 is 17.7 Å². The minimum absolute atomic E-state index is 0.337. The zero-order chi connectivity index (χ0) is 14.0. The highest BCUT2D eigenvalue weighted by Gasteiger charge is 2.18. The molecule has 6 heteroatoms. The van der Waals surface area contributed by atoms with E-state index in [4.69, 9.17) is 5.84 Å². The first-order valence-corrected chi connectivity index (χ1v) is 5.90. The van der Waals surface area contributed by atoms with E-state index >= 15 is 0 Å². The molecule has 2 rings (SSSR count). The molecule has 0 amide bonds. The smallest absolute Gasteiger partial charge is 0.130 e. The van der Waals surface area contributed by atoms with Crippen LogP contribution in [0.5, 0.6) is 0 Å². The molecule has 0 aliphatic heterocycles. The fraction of sp³-hybridized carbons (Fsp3) is 0.308. The molecule has 1 heterocycles. The molecule has 102 valence electrons. The van der Waals surface area contributed by atoms with Gasteiger partial charge < -0.3 is 4.57 Å². The summed E-state index contributed by atoms with van der Waals surface area (Å²) in [6.45, 7) is 1.59. The SMILES string of the molecule is Cc1cc(C(Cc2nccn2C)NN)c(F)cc1F. The predicted octanol–water partition coefficient (Wildman–Crippen LogP) is 1.75. The first-order chi connectivity index (χ1) is 9.02. The van der Waals surface area contributed by atoms with Crippen LogP contribution in [0.25, 0.3) is 0 Å². The lowest BCUT2D eigenvalue weighted by atomic mass is 10.0. The van der Waals surface area contributed by atoms with E-state index in [-0.39, 0.29) is 0 Å². The lowest BCUT2D eigenvalue weighted by Gasteiger charge is -2.17. The third-order valence-electron chi connectivity index (χ3n) is 3.16. The number of nitrogens with one attached hydrogen (secondary N) is 1. The van der Waals surface area contributed by atoms with Gasteiger partial charge in [-0.15, -0.1) is 0 Å². The summed E-state index contributed by atoms with van der Waals surface area (Å²) in [5.41, 5.74) is 3.28. The molecule has 2 aromatic rings. The molecular formula is C13H16F2N4. The fourth-order valence-electron chi connectivity index (χ4n) is 1.98. The largest absolute Gasteiger partial charge is 0.338 e. The number of benzene rings is 1. The molecule has 0 saturated heterocycles. The molecule has 19 heavy (non-hydrogen) atoms. The summed E-state index contributed by atoms with van der Waals surface area (Å²) in [5, 5.41) is 0. The average molecular weight is 266 g/mol. The van der Waals surface area contributed by atoms with Gasteiger partial charge in [-0.3, -0.25) is 11.3 Å². The fourth-order valence-corrected chi connectivity index (χ4v) is 1.98. The zero-order valence-corrected chi connectivity index (χ0v) is 10.8. The summed E-state index contributed by atoms with van der Waals surface area (Å²) in [6, 6.07) is 1.89. The van der Waals surface area contributed by atoms with Crippen molar-refractivity contribution < 1.29 is 8.78 Å². The standard InChI is InChI=1S/C13H16F2N4/c1-8-5-9(11(15)6-10(8)14)12(18-16)7-13-17-3-4-19(13)2/h3-6,12,18H,7,16H2,1-2H3. The highest BCUT2D eigenvalue weighted by atomic mass is 19.1. The Morgan fingerprint density at radius 2 is 2.11 bits per heavy atom. The van der Waals surface area contributed by atoms with Crippen LogP contribution in [0.1, 0.15) is 23.0 Å². The number of aryl methyl sites for hydroxylation is 2. The number of hydrazine groups is 1. The Morgan fingerprint density at radius 3 is 2.68 bits per heavy atom. The highest BCUT2D eigenvalue weighted by molar-refractivity contribution is 5.28. The van der Waals surface area contributed by atoms with Gasteiger partial charge in [0, 0.05) is 37.5 Å². The normalized spacial score (nSPS) is 12.7. The van der Waals surface area contributed by atoms with E-state index in [2.05, 4.69) is 10.4 Å². The van der Waals surface area contributed by atoms with Crippen molar-refractivity contribution in [3.63, 3.8) is 0 Å². The van der Waals surface area contributed by atoms with Crippen LogP contribution in [0.2, 0.25) is 0 Å². The number of hydrogen-bond acceptors (Lipinski definition) is 3. The lowest BCUT2D eigenvalue weighted by molar-refractivity contribution is 0.489. The maximum atomic E-state index is 13.8. The van der Waals surface area contributed by atoms with Crippen molar-refractivity contribution in [2.24, 2.45) is 12.9 Å². The van der Waals surface area contributed by atoms with Crippen LogP contribution in [0.15, 0.2) is 24.5 Å². The number of nitrogens with two attached hydrogens (primary N) is 1. The van der Waals surface area contributed by atoms with Crippen molar-refractivity contribution in [3.05, 3.63) is 53.1 Å². The summed E-state index contributed by atoms with van der Waals surface area (Å²) in [7, 11) is 1.85. The number of hydrogen-bond donors (Lipinski definition) is 2. The van der Waals surface area contributed by atoms with Gasteiger partial charge in [-0.1, -0.05) is 0 Å². The Morgan fingerprint density at radius 1 is 1.37 bits per heavy atom. The van der Waals surface area contributed by atoms with Gasteiger partial charge in [-0.05, 0) is 18.6 Å². The minimum Gasteiger partial charge on any atom is -0.338 e. The average Bonchev–Trinajstić information content (AvgIpc) is 2.77. The maximum absolute atomic E-state index is 13.8. The predicted molar refractivity (Wildman–Crippen MR) is 68.1 cm³/mol. The van der Waals surface area contributed by atoms with Gasteiger partial charge in [0.05, 0.1) is 6.04 Å². The molecule has 1 unspecified atom stereocenters. The Hall–Kier alpha value is -1.79. The van der Waals surface area contributed by atoms with E-state index in [0.29, 0.717) is 17.5 Å². The van der Waals surface area contributed by atoms with Crippen LogP contribution in [-0.4, -0.2) is 9.55 Å². The zero-order valence-electron chi connectivity index (χ0n) is 10.8. The molecule has 1 aromatic heterocycles. The quantitative estimate of drug-likeness (QED) is 0.655. The minimum atomic E-state index is -0.611. The van der Waals surface area contributed by atoms with E-state index in [0.717, 1.165) is 11.9 Å². The van der Waals surface area contributed by atoms with Crippen molar-refractivity contribution in [2.45, 2.75) is 19.4 Å². The number of aromatic nitrogens is 2. The van der Waals surface area contributed by atoms with Gasteiger partial charge in [0.2, 0.25) is 0 Å². The molecule has 0 fully saturated rings. The number of nitrogens with zero attached hydrogens (tertiary/aromatic N) is 2. The van der Waals surface area contributed by atoms with Crippen molar-refractivity contribution >= 4 is 0 Å². The van der Waals surface area contributed by atoms with Gasteiger partial charge >= 0.3 is 0 Å². The van der Waals surface area contributed by atoms with Crippen LogP contribution in [0.3, 0.4) is 0 Å². The molecule has 0 spiro atoms. The molecule has 1 atom stereocenters. The van der Waals surface area contributed by atoms with Crippen molar-refractivity contribution in [1.29, 1.82) is 0 Å². The molecule has 0 bridgehead atoms. The lowest BCUT2D eigenvalue weighted by Crippen LogP contribution is -2.31. The summed E-state index contributed by atoms with van der Waals surface area (Å²) in [6.07, 6.45) is 3.88. The summed E-state index contributed by atoms with van der Waals surface area (Å²) < 4.78 is 28.9. The van der Waals surface area contributed by atoms with E-state index in [9.17, 15) is 8.78 Å². The summed E-state index contributed by atoms with van der Waals surface area (Å²) in [5.74, 6) is 5.08. The Balaban J connectivity index is 2.32. The Bertz CT molecular complexity index is 580. The maximum Gasteiger partial charge on any atom is 0.130 e. The van der Waals surface area contributed by atoms with Crippen LogP contribution < -0.4 is 11.3 Å². The van der Waals surface area contributed by atoms with Crippen molar-refractivity contribution in [2.75, 3.05) is 0 Å². The van der Waals surface area contributed by atoms with Crippen molar-refractivity contribution in [3.8, 4) is 0 Å². The topological polar surface area (TPSA) is 55.9 Å². The molecule has 0 saturated carbocycles. The number of rotatable bonds is 4. The van der Waals surface area contributed by atoms with Crippen LogP contribution in [0.4, 0.5) is 8.78 Å². The Kier molecular flexibility index (Phi) is 3.92. The second kappa shape index (κ2) is 5.46. The van der Waals surface area contributed by atoms with Gasteiger partial charge in [-0.2, -0.15) is 0 Å². The monoisotopic (exact) mass is 266 g/mol. The molecular weight excluding hydrogens is 250 g/mol. The highest BCUT2D eigenvalue weighted by Crippen LogP contribution is 2.23.